The largest absolute Gasteiger partial charge is 0.471 e. The maximum absolute atomic E-state index is 11.8. The van der Waals surface area contributed by atoms with Crippen LogP contribution < -0.4 is 5.32 Å². The van der Waals surface area contributed by atoms with Crippen LogP contribution in [0.2, 0.25) is 0 Å². The van der Waals surface area contributed by atoms with E-state index in [-0.39, 0.29) is 0 Å². The Balaban J connectivity index is 2.73. The Morgan fingerprint density at radius 3 is 2.56 bits per heavy atom. The fraction of sp³-hybridized carbons (Fsp3) is 0.333. The van der Waals surface area contributed by atoms with Crippen LogP contribution in [-0.4, -0.2) is 40.3 Å². The van der Waals surface area contributed by atoms with Crippen LogP contribution in [0.4, 0.5) is 19.1 Å². The van der Waals surface area contributed by atoms with E-state index in [1.54, 1.807) is 0 Å². The lowest BCUT2D eigenvalue weighted by molar-refractivity contribution is -0.167. The number of carbonyl (C=O) groups excluding carboxylic acids is 2. The molecule has 88 valence electrons. The van der Waals surface area contributed by atoms with Gasteiger partial charge in [-0.3, -0.25) is 15.2 Å². The van der Waals surface area contributed by atoms with Gasteiger partial charge >= 0.3 is 18.1 Å². The summed E-state index contributed by atoms with van der Waals surface area (Å²) in [5.74, 6) is -4.23. The average molecular weight is 238 g/mol. The zero-order valence-corrected chi connectivity index (χ0v) is 7.75. The molecule has 2 N–H and O–H groups in total. The summed E-state index contributed by atoms with van der Waals surface area (Å²) < 4.78 is 39.6. The molecule has 7 nitrogen and oxygen atoms in total. The molecule has 1 aromatic rings. The lowest BCUT2D eigenvalue weighted by Crippen LogP contribution is -2.30. The number of hydrogen-bond donors (Lipinski definition) is 2. The normalized spacial score (nSPS) is 11.0. The summed E-state index contributed by atoms with van der Waals surface area (Å²) in [5, 5.41) is 6.52. The molecule has 0 spiro atoms. The Morgan fingerprint density at radius 2 is 2.06 bits per heavy atom. The molecule has 1 amide bonds. The first-order valence-electron chi connectivity index (χ1n) is 3.73. The van der Waals surface area contributed by atoms with E-state index >= 15 is 0 Å². The quantitative estimate of drug-likeness (QED) is 0.712. The highest BCUT2D eigenvalue weighted by atomic mass is 19.4. The van der Waals surface area contributed by atoms with Crippen LogP contribution >= 0.6 is 0 Å². The van der Waals surface area contributed by atoms with Crippen LogP contribution in [0.15, 0.2) is 0 Å². The number of carbonyl (C=O) groups is 2. The van der Waals surface area contributed by atoms with Gasteiger partial charge in [0.05, 0.1) is 7.11 Å². The molecule has 0 bridgehead atoms. The van der Waals surface area contributed by atoms with Gasteiger partial charge in [0.2, 0.25) is 11.8 Å². The van der Waals surface area contributed by atoms with E-state index in [0.717, 1.165) is 7.11 Å². The summed E-state index contributed by atoms with van der Waals surface area (Å²) >= 11 is 0. The fourth-order valence-electron chi connectivity index (χ4n) is 0.678. The van der Waals surface area contributed by atoms with Crippen LogP contribution in [0.25, 0.3) is 0 Å². The molecule has 0 saturated carbocycles. The number of halogens is 3. The Labute approximate surface area is 86.0 Å². The van der Waals surface area contributed by atoms with E-state index < -0.39 is 29.8 Å². The van der Waals surface area contributed by atoms with Gasteiger partial charge in [0.1, 0.15) is 0 Å². The fourth-order valence-corrected chi connectivity index (χ4v) is 0.678. The molecule has 0 radical (unpaired) electrons. The van der Waals surface area contributed by atoms with Crippen LogP contribution in [0.1, 0.15) is 10.6 Å². The Hall–Kier alpha value is -2.13. The summed E-state index contributed by atoms with van der Waals surface area (Å²) in [6, 6.07) is 0. The molecule has 10 heteroatoms. The zero-order valence-electron chi connectivity index (χ0n) is 7.75. The molecule has 0 aliphatic carbocycles. The maximum Gasteiger partial charge on any atom is 0.471 e. The number of nitrogens with one attached hydrogen (secondary N) is 2. The molecule has 0 atom stereocenters. The van der Waals surface area contributed by atoms with Gasteiger partial charge < -0.3 is 4.74 Å². The summed E-state index contributed by atoms with van der Waals surface area (Å²) in [7, 11) is 1.05. The predicted octanol–water partition coefficient (Wildman–Crippen LogP) is 0.0921. The monoisotopic (exact) mass is 238 g/mol. The van der Waals surface area contributed by atoms with E-state index in [1.807, 2.05) is 5.10 Å². The minimum Gasteiger partial charge on any atom is -0.463 e. The van der Waals surface area contributed by atoms with E-state index in [2.05, 4.69) is 14.8 Å². The Morgan fingerprint density at radius 1 is 1.44 bits per heavy atom. The maximum atomic E-state index is 11.8. The Kier molecular flexibility index (Phi) is 3.11. The van der Waals surface area contributed by atoms with Crippen molar-refractivity contribution in [3.8, 4) is 0 Å². The van der Waals surface area contributed by atoms with Crippen molar-refractivity contribution in [2.75, 3.05) is 12.4 Å². The molecule has 0 unspecified atom stereocenters. The first kappa shape index (κ1) is 11.9. The third-order valence-electron chi connectivity index (χ3n) is 1.35. The van der Waals surface area contributed by atoms with E-state index in [0.29, 0.717) is 0 Å². The first-order chi connectivity index (χ1) is 7.34. The number of methoxy groups -OCH3 is 1. The lowest BCUT2D eigenvalue weighted by Gasteiger charge is -2.03. The second-order valence-corrected chi connectivity index (χ2v) is 2.45. The van der Waals surface area contributed by atoms with Crippen molar-refractivity contribution in [2.24, 2.45) is 0 Å². The highest BCUT2D eigenvalue weighted by molar-refractivity contribution is 5.94. The van der Waals surface area contributed by atoms with E-state index in [1.165, 1.54) is 5.32 Å². The number of esters is 1. The summed E-state index contributed by atoms with van der Waals surface area (Å²) in [4.78, 5) is 24.5. The summed E-state index contributed by atoms with van der Waals surface area (Å²) in [6.07, 6.45) is -5.05. The molecular formula is C6H5F3N4O3. The molecule has 1 heterocycles. The van der Waals surface area contributed by atoms with Crippen molar-refractivity contribution < 1.29 is 27.5 Å². The predicted molar refractivity (Wildman–Crippen MR) is 42.4 cm³/mol. The van der Waals surface area contributed by atoms with E-state index in [9.17, 15) is 22.8 Å². The molecule has 1 rings (SSSR count). The number of aromatic amines is 1. The molecule has 1 aromatic heterocycles. The standard InChI is InChI=1S/C6H5F3N4O3/c1-16-3(14)2-10-5(13-12-2)11-4(15)6(7,8)9/h1H3,(H2,10,11,12,13,15). The second-order valence-electron chi connectivity index (χ2n) is 2.45. The van der Waals surface area contributed by atoms with Crippen molar-refractivity contribution in [3.05, 3.63) is 5.82 Å². The van der Waals surface area contributed by atoms with Gasteiger partial charge in [0.15, 0.2) is 0 Å². The Bertz CT molecular complexity index is 413. The molecule has 0 aliphatic rings. The number of aromatic nitrogens is 3. The lowest BCUT2D eigenvalue weighted by atomic mass is 10.6. The van der Waals surface area contributed by atoms with Gasteiger partial charge in [-0.15, -0.1) is 5.10 Å². The van der Waals surface area contributed by atoms with Crippen LogP contribution in [0.5, 0.6) is 0 Å². The van der Waals surface area contributed by atoms with Crippen molar-refractivity contribution in [3.63, 3.8) is 0 Å². The minimum atomic E-state index is -5.05. The van der Waals surface area contributed by atoms with Gasteiger partial charge in [-0.25, -0.2) is 4.79 Å². The van der Waals surface area contributed by atoms with Gasteiger partial charge in [0, 0.05) is 0 Å². The van der Waals surface area contributed by atoms with Gasteiger partial charge in [-0.05, 0) is 0 Å². The molecule has 0 fully saturated rings. The average Bonchev–Trinajstić information content (AvgIpc) is 2.63. The van der Waals surface area contributed by atoms with Gasteiger partial charge in [-0.2, -0.15) is 18.2 Å². The van der Waals surface area contributed by atoms with Crippen molar-refractivity contribution in [1.29, 1.82) is 0 Å². The third-order valence-corrected chi connectivity index (χ3v) is 1.35. The smallest absolute Gasteiger partial charge is 0.463 e. The van der Waals surface area contributed by atoms with Gasteiger partial charge in [-0.1, -0.05) is 0 Å². The number of ether oxygens (including phenoxy) is 1. The number of hydrogen-bond acceptors (Lipinski definition) is 5. The third kappa shape index (κ3) is 2.68. The number of nitrogens with zero attached hydrogens (tertiary/aromatic N) is 2. The molecular weight excluding hydrogens is 233 g/mol. The number of amides is 1. The van der Waals surface area contributed by atoms with E-state index in [4.69, 9.17) is 0 Å². The first-order valence-corrected chi connectivity index (χ1v) is 3.73. The van der Waals surface area contributed by atoms with Crippen molar-refractivity contribution >= 4 is 17.8 Å². The second kappa shape index (κ2) is 4.16. The van der Waals surface area contributed by atoms with Crippen LogP contribution in [-0.2, 0) is 9.53 Å². The molecule has 0 aromatic carbocycles. The summed E-state index contributed by atoms with van der Waals surface area (Å²) in [6.45, 7) is 0. The van der Waals surface area contributed by atoms with Gasteiger partial charge in [0.25, 0.3) is 0 Å². The van der Waals surface area contributed by atoms with Crippen molar-refractivity contribution in [2.45, 2.75) is 6.18 Å². The number of H-pyrrole nitrogens is 1. The number of rotatable bonds is 2. The zero-order chi connectivity index (χ0) is 12.3. The van der Waals surface area contributed by atoms with Crippen LogP contribution in [0, 0.1) is 0 Å². The highest BCUT2D eigenvalue weighted by Crippen LogP contribution is 2.16. The SMILES string of the molecule is COC(=O)c1nc(NC(=O)C(F)(F)F)n[nH]1. The molecule has 0 aliphatic heterocycles. The number of alkyl halides is 3. The highest BCUT2D eigenvalue weighted by Gasteiger charge is 2.39. The van der Waals surface area contributed by atoms with Crippen molar-refractivity contribution in [1.82, 2.24) is 15.2 Å². The summed E-state index contributed by atoms with van der Waals surface area (Å²) in [5.41, 5.74) is 0. The van der Waals surface area contributed by atoms with Crippen LogP contribution in [0.3, 0.4) is 0 Å². The number of anilines is 1. The molecule has 16 heavy (non-hydrogen) atoms. The molecule has 0 saturated heterocycles. The topological polar surface area (TPSA) is 97.0 Å². The minimum absolute atomic E-state index is 0.417.